The highest BCUT2D eigenvalue weighted by molar-refractivity contribution is 5.95. The third-order valence-electron chi connectivity index (χ3n) is 5.42. The topological polar surface area (TPSA) is 60.9 Å². The molecule has 0 aliphatic carbocycles. The van der Waals surface area contributed by atoms with E-state index in [-0.39, 0.29) is 11.5 Å². The first-order valence-electron chi connectivity index (χ1n) is 9.25. The van der Waals surface area contributed by atoms with Crippen molar-refractivity contribution >= 4 is 5.91 Å². The Balaban J connectivity index is 1.32. The van der Waals surface area contributed by atoms with E-state index < -0.39 is 0 Å². The fourth-order valence-corrected chi connectivity index (χ4v) is 3.84. The molecule has 142 valence electrons. The van der Waals surface area contributed by atoms with E-state index in [1.807, 2.05) is 41.3 Å². The van der Waals surface area contributed by atoms with Crippen LogP contribution in [0.25, 0.3) is 0 Å². The summed E-state index contributed by atoms with van der Waals surface area (Å²) < 4.78 is 17.1. The second-order valence-corrected chi connectivity index (χ2v) is 7.13. The number of carbonyl (C=O) groups excluding carboxylic acids is 1. The maximum absolute atomic E-state index is 12.7. The average molecular weight is 368 g/mol. The van der Waals surface area contributed by atoms with Gasteiger partial charge in [0, 0.05) is 24.3 Å². The molecule has 1 aromatic carbocycles. The van der Waals surface area contributed by atoms with Crippen molar-refractivity contribution in [1.82, 2.24) is 9.88 Å². The van der Waals surface area contributed by atoms with Gasteiger partial charge in [0.2, 0.25) is 0 Å². The minimum absolute atomic E-state index is 0.0168. The third-order valence-corrected chi connectivity index (χ3v) is 5.42. The van der Waals surface area contributed by atoms with Gasteiger partial charge in [0.05, 0.1) is 39.1 Å². The summed E-state index contributed by atoms with van der Waals surface area (Å²) in [5, 5.41) is 0. The summed E-state index contributed by atoms with van der Waals surface area (Å²) in [4.78, 5) is 18.8. The molecule has 1 atom stereocenters. The fraction of sp³-hybridized carbons (Fsp3) is 0.429. The minimum Gasteiger partial charge on any atom is -0.497 e. The number of hydrogen-bond donors (Lipinski definition) is 0. The van der Waals surface area contributed by atoms with Gasteiger partial charge in [-0.25, -0.2) is 0 Å². The predicted octanol–water partition coefficient (Wildman–Crippen LogP) is 2.54. The minimum atomic E-state index is -0.265. The zero-order valence-corrected chi connectivity index (χ0v) is 15.5. The molecule has 2 aliphatic heterocycles. The second kappa shape index (κ2) is 7.66. The van der Waals surface area contributed by atoms with Gasteiger partial charge in [-0.15, -0.1) is 0 Å². The van der Waals surface area contributed by atoms with Crippen LogP contribution in [0.1, 0.15) is 22.5 Å². The highest BCUT2D eigenvalue weighted by Gasteiger charge is 2.54. The van der Waals surface area contributed by atoms with Gasteiger partial charge >= 0.3 is 0 Å². The van der Waals surface area contributed by atoms with Crippen molar-refractivity contribution < 1.29 is 19.0 Å². The molecule has 2 saturated heterocycles. The SMILES string of the molecule is COc1cccc(C(=O)N2CC3(C2)OCCC3COCc2ccccn2)c1. The first-order valence-corrected chi connectivity index (χ1v) is 9.25. The van der Waals surface area contributed by atoms with E-state index in [4.69, 9.17) is 14.2 Å². The molecule has 4 rings (SSSR count). The molecule has 0 bridgehead atoms. The maximum atomic E-state index is 12.7. The lowest BCUT2D eigenvalue weighted by Crippen LogP contribution is -2.66. The summed E-state index contributed by atoms with van der Waals surface area (Å²) in [5.74, 6) is 1.01. The summed E-state index contributed by atoms with van der Waals surface area (Å²) in [5.41, 5.74) is 1.30. The Morgan fingerprint density at radius 1 is 1.30 bits per heavy atom. The van der Waals surface area contributed by atoms with Gasteiger partial charge in [-0.1, -0.05) is 12.1 Å². The van der Waals surface area contributed by atoms with Gasteiger partial charge in [-0.2, -0.15) is 0 Å². The molecule has 1 unspecified atom stereocenters. The monoisotopic (exact) mass is 368 g/mol. The zero-order chi connectivity index (χ0) is 18.7. The molecule has 0 radical (unpaired) electrons. The first kappa shape index (κ1) is 17.9. The van der Waals surface area contributed by atoms with Gasteiger partial charge in [-0.3, -0.25) is 9.78 Å². The van der Waals surface area contributed by atoms with Gasteiger partial charge in [0.1, 0.15) is 11.4 Å². The highest BCUT2D eigenvalue weighted by Crippen LogP contribution is 2.40. The van der Waals surface area contributed by atoms with Crippen LogP contribution in [0.5, 0.6) is 5.75 Å². The maximum Gasteiger partial charge on any atom is 0.254 e. The molecular formula is C21H24N2O4. The van der Waals surface area contributed by atoms with Crippen molar-refractivity contribution in [1.29, 1.82) is 0 Å². The van der Waals surface area contributed by atoms with E-state index in [2.05, 4.69) is 4.98 Å². The number of likely N-dealkylation sites (tertiary alicyclic amines) is 1. The van der Waals surface area contributed by atoms with E-state index in [1.165, 1.54) is 0 Å². The number of hydrogen-bond acceptors (Lipinski definition) is 5. The standard InChI is InChI=1S/C21H24N2O4/c1-25-19-7-4-5-16(11-19)20(24)23-14-21(15-23)17(8-10-27-21)12-26-13-18-6-2-3-9-22-18/h2-7,9,11,17H,8,10,12-15H2,1H3. The molecular weight excluding hydrogens is 344 g/mol. The van der Waals surface area contributed by atoms with Gasteiger partial charge in [-0.05, 0) is 36.8 Å². The zero-order valence-electron chi connectivity index (χ0n) is 15.5. The number of rotatable bonds is 6. The number of aromatic nitrogens is 1. The first-order chi connectivity index (χ1) is 13.2. The molecule has 2 aromatic rings. The van der Waals surface area contributed by atoms with Crippen LogP contribution >= 0.6 is 0 Å². The molecule has 0 N–H and O–H groups in total. The summed E-state index contributed by atoms with van der Waals surface area (Å²) in [6.45, 7) is 3.07. The normalized spacial score (nSPS) is 20.5. The van der Waals surface area contributed by atoms with Crippen LogP contribution < -0.4 is 4.74 Å². The summed E-state index contributed by atoms with van der Waals surface area (Å²) >= 11 is 0. The highest BCUT2D eigenvalue weighted by atomic mass is 16.5. The predicted molar refractivity (Wildman–Crippen MR) is 99.6 cm³/mol. The quantitative estimate of drug-likeness (QED) is 0.784. The van der Waals surface area contributed by atoms with E-state index in [9.17, 15) is 4.79 Å². The largest absolute Gasteiger partial charge is 0.497 e. The van der Waals surface area contributed by atoms with Crippen molar-refractivity contribution in [3.8, 4) is 5.75 Å². The molecule has 6 heteroatoms. The lowest BCUT2D eigenvalue weighted by molar-refractivity contribution is -0.129. The number of pyridine rings is 1. The van der Waals surface area contributed by atoms with Crippen LogP contribution in [-0.4, -0.2) is 54.8 Å². The number of amides is 1. The van der Waals surface area contributed by atoms with E-state index in [1.54, 1.807) is 19.4 Å². The number of ether oxygens (including phenoxy) is 3. The molecule has 2 aliphatic rings. The van der Waals surface area contributed by atoms with Crippen molar-refractivity contribution in [3.63, 3.8) is 0 Å². The molecule has 2 fully saturated rings. The lowest BCUT2D eigenvalue weighted by atomic mass is 9.81. The molecule has 1 amide bonds. The van der Waals surface area contributed by atoms with Crippen LogP contribution in [0.3, 0.4) is 0 Å². The summed E-state index contributed by atoms with van der Waals surface area (Å²) in [6.07, 6.45) is 2.73. The molecule has 0 saturated carbocycles. The van der Waals surface area contributed by atoms with Crippen LogP contribution in [-0.2, 0) is 16.1 Å². The van der Waals surface area contributed by atoms with E-state index >= 15 is 0 Å². The van der Waals surface area contributed by atoms with E-state index in [0.29, 0.717) is 43.5 Å². The Hall–Kier alpha value is -2.44. The average Bonchev–Trinajstić information content (AvgIpc) is 3.11. The number of methoxy groups -OCH3 is 1. The molecule has 3 heterocycles. The van der Waals surface area contributed by atoms with Crippen molar-refractivity contribution in [2.45, 2.75) is 18.6 Å². The van der Waals surface area contributed by atoms with Crippen molar-refractivity contribution in [2.24, 2.45) is 5.92 Å². The smallest absolute Gasteiger partial charge is 0.254 e. The molecule has 27 heavy (non-hydrogen) atoms. The lowest BCUT2D eigenvalue weighted by Gasteiger charge is -2.50. The number of nitrogens with zero attached hydrogens (tertiary/aromatic N) is 2. The molecule has 1 aromatic heterocycles. The third kappa shape index (κ3) is 3.68. The van der Waals surface area contributed by atoms with Crippen LogP contribution in [0, 0.1) is 5.92 Å². The van der Waals surface area contributed by atoms with Crippen LogP contribution in [0.4, 0.5) is 0 Å². The Morgan fingerprint density at radius 2 is 2.19 bits per heavy atom. The number of carbonyl (C=O) groups is 1. The second-order valence-electron chi connectivity index (χ2n) is 7.13. The Morgan fingerprint density at radius 3 is 2.96 bits per heavy atom. The molecule has 1 spiro atoms. The van der Waals surface area contributed by atoms with Gasteiger partial charge in [0.25, 0.3) is 5.91 Å². The van der Waals surface area contributed by atoms with E-state index in [0.717, 1.165) is 18.7 Å². The Kier molecular flexibility index (Phi) is 5.09. The molecule has 6 nitrogen and oxygen atoms in total. The van der Waals surface area contributed by atoms with Crippen molar-refractivity contribution in [3.05, 3.63) is 59.9 Å². The van der Waals surface area contributed by atoms with Crippen LogP contribution in [0.15, 0.2) is 48.7 Å². The van der Waals surface area contributed by atoms with Crippen molar-refractivity contribution in [2.75, 3.05) is 33.4 Å². The Labute approximate surface area is 159 Å². The number of benzene rings is 1. The van der Waals surface area contributed by atoms with Crippen LogP contribution in [0.2, 0.25) is 0 Å². The fourth-order valence-electron chi connectivity index (χ4n) is 3.84. The Bertz CT molecular complexity index is 790. The summed E-state index contributed by atoms with van der Waals surface area (Å²) in [7, 11) is 1.60. The van der Waals surface area contributed by atoms with Gasteiger partial charge < -0.3 is 19.1 Å². The van der Waals surface area contributed by atoms with Gasteiger partial charge in [0.15, 0.2) is 0 Å². The summed E-state index contributed by atoms with van der Waals surface area (Å²) in [6, 6.07) is 13.1.